The first-order chi connectivity index (χ1) is 12.6. The molecule has 3 unspecified atom stereocenters. The molecular weight excluding hydrogens is 479 g/mol. The standard InChI is InChI=1S/C18H30N4O3S.HI/c1-3-19-18(21-11-10-20-17(23)16-9-6-12-25-16)22-14-7-5-8-15(13-14)26(24)4-2;/h6,9,12,14-15H,3-5,7-8,10-11,13H2,1-2H3,(H,20,23)(H2,19,21,22);1H. The fraction of sp³-hybridized carbons (Fsp3) is 0.667. The maximum atomic E-state index is 12.1. The number of amides is 1. The number of hydrogen-bond donors (Lipinski definition) is 3. The minimum absolute atomic E-state index is 0. The first-order valence-corrected chi connectivity index (χ1v) is 10.8. The Balaban J connectivity index is 0.00000364. The number of aliphatic imine (C=N–C) groups is 1. The molecule has 1 heterocycles. The van der Waals surface area contributed by atoms with Crippen molar-refractivity contribution in [3.63, 3.8) is 0 Å². The third-order valence-corrected chi connectivity index (χ3v) is 6.12. The summed E-state index contributed by atoms with van der Waals surface area (Å²) in [6.45, 7) is 5.67. The Hall–Kier alpha value is -1.10. The van der Waals surface area contributed by atoms with Crippen LogP contribution in [0.5, 0.6) is 0 Å². The second kappa shape index (κ2) is 13.1. The Kier molecular flexibility index (Phi) is 11.7. The van der Waals surface area contributed by atoms with Crippen LogP contribution in [0.25, 0.3) is 0 Å². The molecule has 0 saturated heterocycles. The van der Waals surface area contributed by atoms with Crippen molar-refractivity contribution in [2.45, 2.75) is 50.8 Å². The largest absolute Gasteiger partial charge is 0.459 e. The monoisotopic (exact) mass is 510 g/mol. The van der Waals surface area contributed by atoms with Crippen molar-refractivity contribution in [3.8, 4) is 0 Å². The van der Waals surface area contributed by atoms with E-state index < -0.39 is 10.8 Å². The SMILES string of the molecule is CCNC(=NCCNC(=O)c1ccco1)NC1CCCC(S(=O)CC)C1.I. The molecule has 0 spiro atoms. The Morgan fingerprint density at radius 2 is 2.15 bits per heavy atom. The van der Waals surface area contributed by atoms with Gasteiger partial charge < -0.3 is 20.4 Å². The Bertz CT molecular complexity index is 610. The number of furan rings is 1. The molecular formula is C18H31IN4O3S. The van der Waals surface area contributed by atoms with Gasteiger partial charge in [0.25, 0.3) is 5.91 Å². The van der Waals surface area contributed by atoms with E-state index >= 15 is 0 Å². The molecule has 3 atom stereocenters. The van der Waals surface area contributed by atoms with Crippen LogP contribution in [0, 0.1) is 0 Å². The van der Waals surface area contributed by atoms with Gasteiger partial charge in [0.05, 0.1) is 12.8 Å². The molecule has 1 aromatic heterocycles. The quantitative estimate of drug-likeness (QED) is 0.216. The summed E-state index contributed by atoms with van der Waals surface area (Å²) in [5.41, 5.74) is 0. The number of halogens is 1. The van der Waals surface area contributed by atoms with Gasteiger partial charge in [0, 0.05) is 40.9 Å². The van der Waals surface area contributed by atoms with Crippen molar-refractivity contribution in [1.82, 2.24) is 16.0 Å². The van der Waals surface area contributed by atoms with E-state index in [1.165, 1.54) is 6.26 Å². The third kappa shape index (κ3) is 8.20. The number of rotatable bonds is 8. The summed E-state index contributed by atoms with van der Waals surface area (Å²) in [6, 6.07) is 3.60. The lowest BCUT2D eigenvalue weighted by Gasteiger charge is -2.30. The predicted molar refractivity (Wildman–Crippen MR) is 120 cm³/mol. The van der Waals surface area contributed by atoms with Crippen molar-refractivity contribution >= 4 is 46.6 Å². The highest BCUT2D eigenvalue weighted by molar-refractivity contribution is 14.0. The van der Waals surface area contributed by atoms with Gasteiger partial charge in [-0.1, -0.05) is 13.3 Å². The van der Waals surface area contributed by atoms with Gasteiger partial charge in [0.2, 0.25) is 0 Å². The van der Waals surface area contributed by atoms with Gasteiger partial charge in [-0.25, -0.2) is 0 Å². The molecule has 1 amide bonds. The highest BCUT2D eigenvalue weighted by atomic mass is 127. The molecule has 2 rings (SSSR count). The Labute approximate surface area is 181 Å². The topological polar surface area (TPSA) is 95.7 Å². The lowest BCUT2D eigenvalue weighted by atomic mass is 9.95. The maximum absolute atomic E-state index is 12.1. The van der Waals surface area contributed by atoms with E-state index in [9.17, 15) is 9.00 Å². The number of carbonyl (C=O) groups excluding carboxylic acids is 1. The molecule has 7 nitrogen and oxygen atoms in total. The number of carbonyl (C=O) groups is 1. The average Bonchev–Trinajstić information content (AvgIpc) is 3.19. The molecule has 1 aromatic rings. The van der Waals surface area contributed by atoms with Crippen LogP contribution in [0.2, 0.25) is 0 Å². The van der Waals surface area contributed by atoms with Crippen molar-refractivity contribution in [1.29, 1.82) is 0 Å². The summed E-state index contributed by atoms with van der Waals surface area (Å²) in [5.74, 6) is 1.53. The normalized spacial score (nSPS) is 21.0. The molecule has 0 aromatic carbocycles. The van der Waals surface area contributed by atoms with Crippen LogP contribution in [0.3, 0.4) is 0 Å². The summed E-state index contributed by atoms with van der Waals surface area (Å²) in [4.78, 5) is 16.3. The average molecular weight is 510 g/mol. The second-order valence-electron chi connectivity index (χ2n) is 6.29. The summed E-state index contributed by atoms with van der Waals surface area (Å²) >= 11 is 0. The number of nitrogens with one attached hydrogen (secondary N) is 3. The molecule has 0 radical (unpaired) electrons. The van der Waals surface area contributed by atoms with E-state index in [-0.39, 0.29) is 35.1 Å². The van der Waals surface area contributed by atoms with Gasteiger partial charge in [-0.05, 0) is 38.3 Å². The van der Waals surface area contributed by atoms with Gasteiger partial charge in [-0.3, -0.25) is 14.0 Å². The molecule has 27 heavy (non-hydrogen) atoms. The number of guanidine groups is 1. The first kappa shape index (κ1) is 23.9. The van der Waals surface area contributed by atoms with E-state index in [2.05, 4.69) is 20.9 Å². The molecule has 1 fully saturated rings. The van der Waals surface area contributed by atoms with E-state index in [4.69, 9.17) is 4.42 Å². The zero-order valence-corrected chi connectivity index (χ0v) is 19.2. The minimum Gasteiger partial charge on any atom is -0.459 e. The lowest BCUT2D eigenvalue weighted by Crippen LogP contribution is -2.47. The van der Waals surface area contributed by atoms with Gasteiger partial charge in [-0.15, -0.1) is 24.0 Å². The van der Waals surface area contributed by atoms with Crippen molar-refractivity contribution < 1.29 is 13.4 Å². The second-order valence-corrected chi connectivity index (χ2v) is 8.30. The highest BCUT2D eigenvalue weighted by Crippen LogP contribution is 2.22. The van der Waals surface area contributed by atoms with E-state index in [0.717, 1.165) is 43.9 Å². The van der Waals surface area contributed by atoms with Crippen LogP contribution >= 0.6 is 24.0 Å². The molecule has 9 heteroatoms. The van der Waals surface area contributed by atoms with Crippen molar-refractivity contribution in [3.05, 3.63) is 24.2 Å². The fourth-order valence-electron chi connectivity index (χ4n) is 3.10. The summed E-state index contributed by atoms with van der Waals surface area (Å²) in [6.07, 6.45) is 5.60. The number of hydrogen-bond acceptors (Lipinski definition) is 4. The van der Waals surface area contributed by atoms with Gasteiger partial charge >= 0.3 is 0 Å². The summed E-state index contributed by atoms with van der Waals surface area (Å²) in [7, 11) is -0.736. The molecule has 1 aliphatic carbocycles. The fourth-order valence-corrected chi connectivity index (χ4v) is 4.44. The maximum Gasteiger partial charge on any atom is 0.287 e. The van der Waals surface area contributed by atoms with E-state index in [0.29, 0.717) is 24.9 Å². The predicted octanol–water partition coefficient (Wildman–Crippen LogP) is 2.26. The van der Waals surface area contributed by atoms with Crippen LogP contribution in [-0.2, 0) is 10.8 Å². The van der Waals surface area contributed by atoms with Crippen molar-refractivity contribution in [2.75, 3.05) is 25.4 Å². The van der Waals surface area contributed by atoms with Gasteiger partial charge in [0.1, 0.15) is 0 Å². The van der Waals surface area contributed by atoms with Gasteiger partial charge in [0.15, 0.2) is 11.7 Å². The van der Waals surface area contributed by atoms with Crippen LogP contribution in [0.15, 0.2) is 27.8 Å². The first-order valence-electron chi connectivity index (χ1n) is 9.37. The zero-order chi connectivity index (χ0) is 18.8. The third-order valence-electron chi connectivity index (χ3n) is 4.38. The molecule has 1 saturated carbocycles. The summed E-state index contributed by atoms with van der Waals surface area (Å²) in [5, 5.41) is 9.75. The smallest absolute Gasteiger partial charge is 0.287 e. The molecule has 1 aliphatic rings. The van der Waals surface area contributed by atoms with Crippen LogP contribution in [-0.4, -0.2) is 52.8 Å². The molecule has 0 bridgehead atoms. The molecule has 0 aliphatic heterocycles. The molecule has 3 N–H and O–H groups in total. The Morgan fingerprint density at radius 1 is 1.33 bits per heavy atom. The van der Waals surface area contributed by atoms with E-state index in [1.54, 1.807) is 12.1 Å². The highest BCUT2D eigenvalue weighted by Gasteiger charge is 2.26. The van der Waals surface area contributed by atoms with Crippen LogP contribution in [0.4, 0.5) is 0 Å². The lowest BCUT2D eigenvalue weighted by molar-refractivity contribution is 0.0927. The summed E-state index contributed by atoms with van der Waals surface area (Å²) < 4.78 is 17.1. The van der Waals surface area contributed by atoms with Crippen molar-refractivity contribution in [2.24, 2.45) is 4.99 Å². The minimum atomic E-state index is -0.736. The number of nitrogens with zero attached hydrogens (tertiary/aromatic N) is 1. The zero-order valence-electron chi connectivity index (χ0n) is 16.0. The van der Waals surface area contributed by atoms with Crippen LogP contribution < -0.4 is 16.0 Å². The Morgan fingerprint density at radius 3 is 2.81 bits per heavy atom. The molecule has 154 valence electrons. The van der Waals surface area contributed by atoms with Crippen LogP contribution in [0.1, 0.15) is 50.1 Å². The van der Waals surface area contributed by atoms with Gasteiger partial charge in [-0.2, -0.15) is 0 Å². The van der Waals surface area contributed by atoms with E-state index in [1.807, 2.05) is 13.8 Å².